The normalized spacial score (nSPS) is 22.6. The number of para-hydroxylation sites is 1. The van der Waals surface area contributed by atoms with E-state index in [0.29, 0.717) is 12.6 Å². The molecule has 1 aliphatic heterocycles. The van der Waals surface area contributed by atoms with Crippen molar-refractivity contribution in [3.63, 3.8) is 0 Å². The minimum atomic E-state index is 0.374. The first-order valence-corrected chi connectivity index (χ1v) is 5.60. The van der Waals surface area contributed by atoms with Crippen LogP contribution in [0.5, 0.6) is 5.75 Å². The molecule has 1 unspecified atom stereocenters. The van der Waals surface area contributed by atoms with Gasteiger partial charge in [0, 0.05) is 13.1 Å². The van der Waals surface area contributed by atoms with Gasteiger partial charge in [0.05, 0.1) is 6.04 Å². The van der Waals surface area contributed by atoms with Crippen molar-refractivity contribution in [2.45, 2.75) is 25.3 Å². The summed E-state index contributed by atoms with van der Waals surface area (Å²) in [7, 11) is 0. The van der Waals surface area contributed by atoms with Gasteiger partial charge in [-0.1, -0.05) is 24.6 Å². The van der Waals surface area contributed by atoms with Gasteiger partial charge in [-0.15, -0.1) is 5.06 Å². The third-order valence-corrected chi connectivity index (χ3v) is 2.81. The van der Waals surface area contributed by atoms with Crippen LogP contribution in [0, 0.1) is 0 Å². The molecule has 2 N–H and O–H groups in total. The maximum atomic E-state index is 5.81. The van der Waals surface area contributed by atoms with E-state index in [2.05, 4.69) is 0 Å². The van der Waals surface area contributed by atoms with Gasteiger partial charge in [0.25, 0.3) is 0 Å². The highest BCUT2D eigenvalue weighted by atomic mass is 16.7. The van der Waals surface area contributed by atoms with E-state index in [0.717, 1.165) is 18.7 Å². The third kappa shape index (κ3) is 2.70. The largest absolute Gasteiger partial charge is 0.406 e. The molecule has 2 rings (SSSR count). The molecule has 0 radical (unpaired) electrons. The minimum Gasteiger partial charge on any atom is -0.406 e. The highest BCUT2D eigenvalue weighted by Gasteiger charge is 2.22. The van der Waals surface area contributed by atoms with Gasteiger partial charge >= 0.3 is 0 Å². The molecule has 0 bridgehead atoms. The number of rotatable bonds is 3. The van der Waals surface area contributed by atoms with Crippen molar-refractivity contribution in [1.82, 2.24) is 5.06 Å². The van der Waals surface area contributed by atoms with Crippen LogP contribution in [0.4, 0.5) is 0 Å². The summed E-state index contributed by atoms with van der Waals surface area (Å²) in [5, 5.41) is 2.03. The Bertz CT molecular complexity index is 289. The number of nitrogens with two attached hydrogens (primary N) is 1. The molecule has 15 heavy (non-hydrogen) atoms. The zero-order valence-corrected chi connectivity index (χ0v) is 8.93. The number of nitrogens with zero attached hydrogens (tertiary/aromatic N) is 1. The van der Waals surface area contributed by atoms with Crippen LogP contribution < -0.4 is 10.6 Å². The Kier molecular flexibility index (Phi) is 3.59. The molecule has 0 saturated carbocycles. The van der Waals surface area contributed by atoms with Gasteiger partial charge in [-0.2, -0.15) is 0 Å². The lowest BCUT2D eigenvalue weighted by molar-refractivity contribution is -0.109. The summed E-state index contributed by atoms with van der Waals surface area (Å²) in [6.45, 7) is 1.66. The van der Waals surface area contributed by atoms with E-state index < -0.39 is 0 Å². The minimum absolute atomic E-state index is 0.374. The number of hydrogen-bond donors (Lipinski definition) is 1. The smallest absolute Gasteiger partial charge is 0.147 e. The molecular weight excluding hydrogens is 188 g/mol. The summed E-state index contributed by atoms with van der Waals surface area (Å²) in [6.07, 6.45) is 3.60. The highest BCUT2D eigenvalue weighted by Crippen LogP contribution is 2.19. The second-order valence-corrected chi connectivity index (χ2v) is 3.93. The molecule has 1 saturated heterocycles. The summed E-state index contributed by atoms with van der Waals surface area (Å²) < 4.78 is 0. The van der Waals surface area contributed by atoms with Crippen molar-refractivity contribution in [1.29, 1.82) is 0 Å². The fourth-order valence-corrected chi connectivity index (χ4v) is 1.95. The fourth-order valence-electron chi connectivity index (χ4n) is 1.95. The van der Waals surface area contributed by atoms with Crippen LogP contribution in [0.15, 0.2) is 30.3 Å². The lowest BCUT2D eigenvalue weighted by Gasteiger charge is -2.33. The van der Waals surface area contributed by atoms with Gasteiger partial charge < -0.3 is 10.6 Å². The van der Waals surface area contributed by atoms with Crippen molar-refractivity contribution in [3.05, 3.63) is 30.3 Å². The van der Waals surface area contributed by atoms with E-state index in [1.807, 2.05) is 35.4 Å². The number of piperidine rings is 1. The van der Waals surface area contributed by atoms with Gasteiger partial charge in [-0.25, -0.2) is 0 Å². The van der Waals surface area contributed by atoms with Crippen LogP contribution in [-0.2, 0) is 0 Å². The lowest BCUT2D eigenvalue weighted by atomic mass is 10.1. The molecule has 0 aromatic heterocycles. The van der Waals surface area contributed by atoms with Gasteiger partial charge in [0.2, 0.25) is 0 Å². The molecular formula is C12H18N2O. The van der Waals surface area contributed by atoms with Crippen molar-refractivity contribution in [2.75, 3.05) is 13.1 Å². The summed E-state index contributed by atoms with van der Waals surface area (Å²) in [5.74, 6) is 0.901. The summed E-state index contributed by atoms with van der Waals surface area (Å²) >= 11 is 0. The SMILES string of the molecule is NCC1CCCCN1Oc1ccccc1. The molecule has 1 aliphatic rings. The van der Waals surface area contributed by atoms with E-state index in [4.69, 9.17) is 10.6 Å². The first kappa shape index (κ1) is 10.5. The summed E-state index contributed by atoms with van der Waals surface area (Å²) in [4.78, 5) is 5.81. The monoisotopic (exact) mass is 206 g/mol. The van der Waals surface area contributed by atoms with Gasteiger partial charge in [-0.3, -0.25) is 0 Å². The number of benzene rings is 1. The molecule has 3 nitrogen and oxygen atoms in total. The van der Waals surface area contributed by atoms with E-state index in [-0.39, 0.29) is 0 Å². The second kappa shape index (κ2) is 5.14. The average Bonchev–Trinajstić information content (AvgIpc) is 2.31. The predicted octanol–water partition coefficient (Wildman–Crippen LogP) is 1.79. The van der Waals surface area contributed by atoms with Crippen molar-refractivity contribution < 1.29 is 4.84 Å². The molecule has 1 fully saturated rings. The summed E-state index contributed by atoms with van der Waals surface area (Å²) in [5.41, 5.74) is 5.73. The van der Waals surface area contributed by atoms with Crippen LogP contribution in [0.3, 0.4) is 0 Å². The molecule has 0 aliphatic carbocycles. The van der Waals surface area contributed by atoms with E-state index in [1.165, 1.54) is 12.8 Å². The van der Waals surface area contributed by atoms with Crippen LogP contribution in [0.25, 0.3) is 0 Å². The van der Waals surface area contributed by atoms with Crippen molar-refractivity contribution >= 4 is 0 Å². The number of hydroxylamine groups is 2. The van der Waals surface area contributed by atoms with Crippen molar-refractivity contribution in [2.24, 2.45) is 5.73 Å². The molecule has 1 heterocycles. The average molecular weight is 206 g/mol. The molecule has 82 valence electrons. The Hall–Kier alpha value is -1.06. The molecule has 1 atom stereocenters. The molecule has 0 spiro atoms. The zero-order valence-electron chi connectivity index (χ0n) is 8.93. The molecule has 0 amide bonds. The lowest BCUT2D eigenvalue weighted by Crippen LogP contribution is -2.45. The van der Waals surface area contributed by atoms with Gasteiger partial charge in [-0.05, 0) is 25.0 Å². The van der Waals surface area contributed by atoms with Crippen LogP contribution in [0.2, 0.25) is 0 Å². The Labute approximate surface area is 90.8 Å². The maximum absolute atomic E-state index is 5.81. The van der Waals surface area contributed by atoms with Gasteiger partial charge in [0.1, 0.15) is 5.75 Å². The quantitative estimate of drug-likeness (QED) is 0.819. The Morgan fingerprint density at radius 1 is 1.27 bits per heavy atom. The maximum Gasteiger partial charge on any atom is 0.147 e. The summed E-state index contributed by atoms with van der Waals surface area (Å²) in [6, 6.07) is 10.3. The number of hydrogen-bond acceptors (Lipinski definition) is 3. The van der Waals surface area contributed by atoms with Crippen LogP contribution in [-0.4, -0.2) is 24.2 Å². The predicted molar refractivity (Wildman–Crippen MR) is 60.5 cm³/mol. The fraction of sp³-hybridized carbons (Fsp3) is 0.500. The zero-order chi connectivity index (χ0) is 10.5. The second-order valence-electron chi connectivity index (χ2n) is 3.93. The third-order valence-electron chi connectivity index (χ3n) is 2.81. The van der Waals surface area contributed by atoms with E-state index in [9.17, 15) is 0 Å². The highest BCUT2D eigenvalue weighted by molar-refractivity contribution is 5.20. The Morgan fingerprint density at radius 3 is 2.80 bits per heavy atom. The Morgan fingerprint density at radius 2 is 2.07 bits per heavy atom. The van der Waals surface area contributed by atoms with Crippen LogP contribution >= 0.6 is 0 Å². The van der Waals surface area contributed by atoms with Crippen LogP contribution in [0.1, 0.15) is 19.3 Å². The molecule has 3 heteroatoms. The molecule has 1 aromatic carbocycles. The van der Waals surface area contributed by atoms with Gasteiger partial charge in [0.15, 0.2) is 0 Å². The van der Waals surface area contributed by atoms with Crippen molar-refractivity contribution in [3.8, 4) is 5.75 Å². The van der Waals surface area contributed by atoms with E-state index in [1.54, 1.807) is 0 Å². The molecule has 1 aromatic rings. The first-order chi connectivity index (χ1) is 7.40. The van der Waals surface area contributed by atoms with E-state index >= 15 is 0 Å². The standard InChI is InChI=1S/C12H18N2O/c13-10-11-6-4-5-9-14(11)15-12-7-2-1-3-8-12/h1-3,7-8,11H,4-6,9-10,13H2. The first-order valence-electron chi connectivity index (χ1n) is 5.60. The topological polar surface area (TPSA) is 38.5 Å². The Balaban J connectivity index is 1.97.